The van der Waals surface area contributed by atoms with Gasteiger partial charge in [0, 0.05) is 24.6 Å². The molecule has 1 fully saturated rings. The summed E-state index contributed by atoms with van der Waals surface area (Å²) in [5, 5.41) is 7.01. The van der Waals surface area contributed by atoms with E-state index in [4.69, 9.17) is 9.47 Å². The number of ether oxygens (including phenoxy) is 2. The maximum Gasteiger partial charge on any atom is 0.278 e. The number of carbonyl (C=O) groups excluding carboxylic acids is 1. The van der Waals surface area contributed by atoms with Crippen LogP contribution in [0.25, 0.3) is 5.65 Å². The minimum absolute atomic E-state index is 0.00375. The van der Waals surface area contributed by atoms with Crippen molar-refractivity contribution in [3.63, 3.8) is 0 Å². The maximum atomic E-state index is 13.5. The number of rotatable bonds is 7. The van der Waals surface area contributed by atoms with Gasteiger partial charge in [-0.1, -0.05) is 0 Å². The van der Waals surface area contributed by atoms with Crippen molar-refractivity contribution in [2.45, 2.75) is 38.2 Å². The monoisotopic (exact) mass is 513 g/mol. The van der Waals surface area contributed by atoms with E-state index in [9.17, 15) is 26.4 Å². The van der Waals surface area contributed by atoms with E-state index in [2.05, 4.69) is 20.4 Å². The Morgan fingerprint density at radius 2 is 2.00 bits per heavy atom. The topological polar surface area (TPSA) is 125 Å². The Kier molecular flexibility index (Phi) is 6.34. The standard InChI is InChI=1S/C21H22F3N5O5S/c1-20(5-7-35(31,32)8-6-20)27-18(30)14-11-29-16(26-14)3-4-17(28-29)34-19-15(9-13(22)10-25-19)33-12-21(2,23)24/h3-4,9-11H,5-8,12H2,1-2H3,(H,27,30). The van der Waals surface area contributed by atoms with Gasteiger partial charge in [-0.25, -0.2) is 36.1 Å². The molecule has 35 heavy (non-hydrogen) atoms. The van der Waals surface area contributed by atoms with Crippen molar-refractivity contribution < 1.29 is 35.9 Å². The third kappa shape index (κ3) is 6.18. The molecule has 0 bridgehead atoms. The molecule has 188 valence electrons. The molecule has 1 N–H and O–H groups in total. The number of nitrogens with one attached hydrogen (secondary N) is 1. The van der Waals surface area contributed by atoms with E-state index in [-0.39, 0.29) is 34.7 Å². The number of alkyl halides is 2. The molecule has 4 rings (SSSR count). The molecule has 4 heterocycles. The minimum atomic E-state index is -3.16. The van der Waals surface area contributed by atoms with Crippen molar-refractivity contribution in [1.29, 1.82) is 0 Å². The second-order valence-corrected chi connectivity index (χ2v) is 11.0. The molecule has 3 aromatic rings. The number of hydrogen-bond acceptors (Lipinski definition) is 8. The highest BCUT2D eigenvalue weighted by Crippen LogP contribution is 2.30. The van der Waals surface area contributed by atoms with Gasteiger partial charge < -0.3 is 14.8 Å². The van der Waals surface area contributed by atoms with Crippen molar-refractivity contribution in [3.8, 4) is 17.5 Å². The Morgan fingerprint density at radius 1 is 1.29 bits per heavy atom. The number of nitrogens with zero attached hydrogens (tertiary/aromatic N) is 4. The summed E-state index contributed by atoms with van der Waals surface area (Å²) in [7, 11) is -3.09. The normalized spacial score (nSPS) is 17.2. The van der Waals surface area contributed by atoms with Crippen molar-refractivity contribution >= 4 is 21.4 Å². The molecule has 0 aromatic carbocycles. The van der Waals surface area contributed by atoms with Crippen LogP contribution in [0.15, 0.2) is 30.6 Å². The van der Waals surface area contributed by atoms with Crippen LogP contribution in [-0.2, 0) is 9.84 Å². The zero-order chi connectivity index (χ0) is 25.4. The van der Waals surface area contributed by atoms with Gasteiger partial charge in [0.2, 0.25) is 5.88 Å². The molecule has 1 aliphatic heterocycles. The number of fused-ring (bicyclic) bond motifs is 1. The van der Waals surface area contributed by atoms with Gasteiger partial charge in [-0.3, -0.25) is 4.79 Å². The molecule has 1 aliphatic rings. The molecule has 0 saturated carbocycles. The Bertz CT molecular complexity index is 1360. The van der Waals surface area contributed by atoms with Crippen LogP contribution in [0.1, 0.15) is 37.2 Å². The first-order valence-electron chi connectivity index (χ1n) is 10.5. The summed E-state index contributed by atoms with van der Waals surface area (Å²) < 4.78 is 74.9. The quantitative estimate of drug-likeness (QED) is 0.511. The smallest absolute Gasteiger partial charge is 0.278 e. The molecular weight excluding hydrogens is 491 g/mol. The van der Waals surface area contributed by atoms with E-state index in [1.807, 2.05) is 0 Å². The number of imidazole rings is 1. The largest absolute Gasteiger partial charge is 0.482 e. The highest BCUT2D eigenvalue weighted by molar-refractivity contribution is 7.91. The third-order valence-electron chi connectivity index (χ3n) is 5.34. The summed E-state index contributed by atoms with van der Waals surface area (Å²) in [4.78, 5) is 20.7. The summed E-state index contributed by atoms with van der Waals surface area (Å²) >= 11 is 0. The number of carbonyl (C=O) groups is 1. The lowest BCUT2D eigenvalue weighted by atomic mass is 9.95. The van der Waals surface area contributed by atoms with Gasteiger partial charge in [0.1, 0.15) is 21.3 Å². The summed E-state index contributed by atoms with van der Waals surface area (Å²) in [6.07, 6.45) is 2.78. The van der Waals surface area contributed by atoms with Crippen LogP contribution in [0.2, 0.25) is 0 Å². The van der Waals surface area contributed by atoms with Crippen molar-refractivity contribution in [2.24, 2.45) is 0 Å². The van der Waals surface area contributed by atoms with Crippen LogP contribution in [0.4, 0.5) is 13.2 Å². The number of hydrogen-bond donors (Lipinski definition) is 1. The van der Waals surface area contributed by atoms with Crippen molar-refractivity contribution in [3.05, 3.63) is 42.1 Å². The summed E-state index contributed by atoms with van der Waals surface area (Å²) in [5.74, 6) is -5.11. The van der Waals surface area contributed by atoms with Gasteiger partial charge in [-0.2, -0.15) is 0 Å². The van der Waals surface area contributed by atoms with Crippen molar-refractivity contribution in [1.82, 2.24) is 24.9 Å². The van der Waals surface area contributed by atoms with E-state index in [1.54, 1.807) is 6.92 Å². The van der Waals surface area contributed by atoms with Crippen LogP contribution in [0.3, 0.4) is 0 Å². The average molecular weight is 513 g/mol. The lowest BCUT2D eigenvalue weighted by Crippen LogP contribution is -2.51. The maximum absolute atomic E-state index is 13.5. The number of sulfone groups is 1. The number of halogens is 3. The van der Waals surface area contributed by atoms with Gasteiger partial charge in [-0.05, 0) is 25.8 Å². The van der Waals surface area contributed by atoms with Gasteiger partial charge in [-0.15, -0.1) is 5.10 Å². The van der Waals surface area contributed by atoms with Gasteiger partial charge in [0.25, 0.3) is 17.7 Å². The molecule has 0 atom stereocenters. The van der Waals surface area contributed by atoms with Crippen LogP contribution in [-0.4, -0.2) is 63.5 Å². The Morgan fingerprint density at radius 3 is 2.69 bits per heavy atom. The molecule has 1 saturated heterocycles. The minimum Gasteiger partial charge on any atom is -0.482 e. The first kappa shape index (κ1) is 24.7. The van der Waals surface area contributed by atoms with Crippen LogP contribution >= 0.6 is 0 Å². The second-order valence-electron chi connectivity index (χ2n) is 8.68. The molecule has 0 radical (unpaired) electrons. The van der Waals surface area contributed by atoms with Gasteiger partial charge >= 0.3 is 0 Å². The van der Waals surface area contributed by atoms with Crippen LogP contribution in [0, 0.1) is 5.82 Å². The summed E-state index contributed by atoms with van der Waals surface area (Å²) in [6, 6.07) is 3.77. The fourth-order valence-corrected chi connectivity index (χ4v) is 5.10. The fraction of sp³-hybridized carbons (Fsp3) is 0.429. The molecule has 0 unspecified atom stereocenters. The van der Waals surface area contributed by atoms with E-state index in [0.29, 0.717) is 25.4 Å². The molecule has 1 amide bonds. The SMILES string of the molecule is CC(F)(F)COc1cc(F)cnc1Oc1ccc2nc(C(=O)NC3(C)CCS(=O)(=O)CC3)cn2n1. The molecule has 0 spiro atoms. The van der Waals surface area contributed by atoms with E-state index < -0.39 is 39.6 Å². The first-order valence-corrected chi connectivity index (χ1v) is 12.4. The second kappa shape index (κ2) is 8.98. The first-order chi connectivity index (χ1) is 16.3. The van der Waals surface area contributed by atoms with Gasteiger partial charge in [0.15, 0.2) is 18.0 Å². The predicted molar refractivity (Wildman–Crippen MR) is 117 cm³/mol. The third-order valence-corrected chi connectivity index (χ3v) is 6.99. The Hall–Kier alpha value is -3.42. The van der Waals surface area contributed by atoms with E-state index >= 15 is 0 Å². The average Bonchev–Trinajstić information content (AvgIpc) is 3.19. The predicted octanol–water partition coefficient (Wildman–Crippen LogP) is 2.79. The molecule has 0 aliphatic carbocycles. The lowest BCUT2D eigenvalue weighted by molar-refractivity contribution is -0.0236. The fourth-order valence-electron chi connectivity index (χ4n) is 3.37. The van der Waals surface area contributed by atoms with Gasteiger partial charge in [0.05, 0.1) is 23.9 Å². The molecular formula is C21H22F3N5O5S. The Labute approximate surface area is 198 Å². The van der Waals surface area contributed by atoms with Crippen LogP contribution in [0.5, 0.6) is 17.5 Å². The Balaban J connectivity index is 1.50. The number of aromatic nitrogens is 4. The molecule has 14 heteroatoms. The lowest BCUT2D eigenvalue weighted by Gasteiger charge is -2.34. The molecule has 10 nitrogen and oxygen atoms in total. The van der Waals surface area contributed by atoms with Crippen molar-refractivity contribution in [2.75, 3.05) is 18.1 Å². The highest BCUT2D eigenvalue weighted by Gasteiger charge is 2.35. The number of amides is 1. The zero-order valence-corrected chi connectivity index (χ0v) is 19.6. The molecule has 3 aromatic heterocycles. The zero-order valence-electron chi connectivity index (χ0n) is 18.8. The summed E-state index contributed by atoms with van der Waals surface area (Å²) in [6.45, 7) is 1.42. The van der Waals surface area contributed by atoms with Crippen LogP contribution < -0.4 is 14.8 Å². The van der Waals surface area contributed by atoms with E-state index in [1.165, 1.54) is 22.8 Å². The highest BCUT2D eigenvalue weighted by atomic mass is 32.2. The summed E-state index contributed by atoms with van der Waals surface area (Å²) in [5.41, 5.74) is -0.314. The number of pyridine rings is 1. The van der Waals surface area contributed by atoms with E-state index in [0.717, 1.165) is 12.3 Å².